The van der Waals surface area contributed by atoms with E-state index in [9.17, 15) is 22.4 Å². The molecule has 10 heteroatoms. The molecule has 0 aliphatic carbocycles. The Balaban J connectivity index is 0.000000269. The minimum Gasteiger partial charge on any atom is -0.494 e. The first-order valence-electron chi connectivity index (χ1n) is 8.71. The number of hydrogen-bond donors (Lipinski definition) is 1. The smallest absolute Gasteiger partial charge is 0.310 e. The van der Waals surface area contributed by atoms with Gasteiger partial charge in [0.05, 0.1) is 13.2 Å². The minimum atomic E-state index is -1.58. The van der Waals surface area contributed by atoms with E-state index in [4.69, 9.17) is 16.3 Å². The molecule has 30 heavy (non-hydrogen) atoms. The third-order valence-corrected chi connectivity index (χ3v) is 3.95. The molecule has 3 aromatic rings. The molecule has 1 N–H and O–H groups in total. The molecular weight excluding hydrogens is 426 g/mol. The van der Waals surface area contributed by atoms with Gasteiger partial charge >= 0.3 is 5.56 Å². The summed E-state index contributed by atoms with van der Waals surface area (Å²) in [7, 11) is 1.45. The minimum absolute atomic E-state index is 0.0153. The molecule has 5 nitrogen and oxygen atoms in total. The molecule has 1 aromatic heterocycles. The lowest BCUT2D eigenvalue weighted by Gasteiger charge is -2.12. The van der Waals surface area contributed by atoms with Crippen LogP contribution in [0.1, 0.15) is 12.5 Å². The number of anilines is 1. The molecule has 0 fully saturated rings. The Morgan fingerprint density at radius 3 is 2.20 bits per heavy atom. The zero-order chi connectivity index (χ0) is 22.3. The van der Waals surface area contributed by atoms with Crippen molar-refractivity contribution in [3.63, 3.8) is 0 Å². The van der Waals surface area contributed by atoms with Gasteiger partial charge in [0.2, 0.25) is 11.8 Å². The molecule has 0 saturated heterocycles. The molecule has 0 radical (unpaired) electrons. The van der Waals surface area contributed by atoms with Crippen LogP contribution in [-0.4, -0.2) is 23.2 Å². The Hall–Kier alpha value is -3.07. The van der Waals surface area contributed by atoms with Crippen LogP contribution >= 0.6 is 11.6 Å². The molecular formula is C20H18ClF4N3O2. The highest BCUT2D eigenvalue weighted by atomic mass is 35.5. The fraction of sp³-hybridized carbons (Fsp3) is 0.200. The zero-order valence-corrected chi connectivity index (χ0v) is 16.8. The van der Waals surface area contributed by atoms with Gasteiger partial charge in [0.25, 0.3) is 0 Å². The van der Waals surface area contributed by atoms with Crippen molar-refractivity contribution in [3.05, 3.63) is 86.8 Å². The van der Waals surface area contributed by atoms with Crippen molar-refractivity contribution in [2.75, 3.05) is 19.0 Å². The van der Waals surface area contributed by atoms with Gasteiger partial charge in [-0.3, -0.25) is 4.79 Å². The number of nitrogens with one attached hydrogen (secondary N) is 1. The number of hydrogen-bond acceptors (Lipinski definition) is 4. The summed E-state index contributed by atoms with van der Waals surface area (Å²) in [6.45, 7) is 2.46. The van der Waals surface area contributed by atoms with Crippen molar-refractivity contribution in [2.45, 2.75) is 13.5 Å². The Bertz CT molecular complexity index is 1040. The summed E-state index contributed by atoms with van der Waals surface area (Å²) in [5, 5.41) is 3.29. The Morgan fingerprint density at radius 2 is 1.67 bits per heavy atom. The van der Waals surface area contributed by atoms with Gasteiger partial charge in [-0.05, 0) is 48.9 Å². The maximum absolute atomic E-state index is 13.2. The summed E-state index contributed by atoms with van der Waals surface area (Å²) in [6, 6.07) is 8.90. The number of aromatic nitrogens is 2. The topological polar surface area (TPSA) is 56.1 Å². The number of halogens is 5. The third kappa shape index (κ3) is 6.21. The van der Waals surface area contributed by atoms with Crippen LogP contribution in [0.2, 0.25) is 5.02 Å². The van der Waals surface area contributed by atoms with Crippen molar-refractivity contribution in [2.24, 2.45) is 0 Å². The average Bonchev–Trinajstić information content (AvgIpc) is 2.71. The van der Waals surface area contributed by atoms with Crippen LogP contribution in [0.5, 0.6) is 5.75 Å². The van der Waals surface area contributed by atoms with Crippen molar-refractivity contribution < 1.29 is 22.3 Å². The highest BCUT2D eigenvalue weighted by molar-refractivity contribution is 6.30. The maximum atomic E-state index is 13.2. The predicted octanol–water partition coefficient (Wildman–Crippen LogP) is 4.63. The van der Waals surface area contributed by atoms with E-state index < -0.39 is 28.8 Å². The van der Waals surface area contributed by atoms with Gasteiger partial charge in [0.1, 0.15) is 5.75 Å². The lowest BCUT2D eigenvalue weighted by Crippen LogP contribution is -2.20. The normalized spacial score (nSPS) is 10.2. The summed E-state index contributed by atoms with van der Waals surface area (Å²) in [6.07, 6.45) is 0.848. The first kappa shape index (κ1) is 23.2. The lowest BCUT2D eigenvalue weighted by molar-refractivity contribution is 0.340. The molecule has 0 atom stereocenters. The molecule has 0 amide bonds. The molecule has 0 bridgehead atoms. The predicted molar refractivity (Wildman–Crippen MR) is 106 cm³/mol. The molecule has 0 unspecified atom stereocenters. The molecule has 3 rings (SSSR count). The Labute approximate surface area is 174 Å². The van der Waals surface area contributed by atoms with Crippen molar-refractivity contribution >= 4 is 17.5 Å². The largest absolute Gasteiger partial charge is 0.494 e. The van der Waals surface area contributed by atoms with Crippen LogP contribution in [0.4, 0.5) is 23.5 Å². The fourth-order valence-electron chi connectivity index (χ4n) is 2.38. The van der Waals surface area contributed by atoms with Gasteiger partial charge in [0.15, 0.2) is 17.5 Å². The monoisotopic (exact) mass is 443 g/mol. The van der Waals surface area contributed by atoms with E-state index in [1.807, 2.05) is 31.2 Å². The molecule has 160 valence electrons. The molecule has 2 aromatic carbocycles. The second-order valence-electron chi connectivity index (χ2n) is 5.86. The van der Waals surface area contributed by atoms with Gasteiger partial charge < -0.3 is 14.6 Å². The number of benzene rings is 2. The summed E-state index contributed by atoms with van der Waals surface area (Å²) in [4.78, 5) is 14.5. The maximum Gasteiger partial charge on any atom is 0.310 e. The van der Waals surface area contributed by atoms with Crippen LogP contribution in [0, 0.1) is 23.3 Å². The summed E-state index contributed by atoms with van der Waals surface area (Å²) >= 11 is 5.66. The first-order valence-corrected chi connectivity index (χ1v) is 9.09. The van der Waals surface area contributed by atoms with Crippen LogP contribution in [-0.2, 0) is 6.54 Å². The summed E-state index contributed by atoms with van der Waals surface area (Å²) in [5.74, 6) is -4.49. The van der Waals surface area contributed by atoms with Crippen LogP contribution in [0.15, 0.2) is 47.4 Å². The molecule has 0 aliphatic heterocycles. The first-order chi connectivity index (χ1) is 14.2. The standard InChI is InChI=1S/C12H9F4N3O.C8H9ClO/c1-17-12-18-11(20)9(15)5-19(12)4-6-2-7(13)10(16)8(14)3-6;1-2-10-8-5-3-7(9)4-6-8/h2-3,5H,4H2,1H3,(H,17,18,20);3-6H,2H2,1H3. The molecule has 0 aliphatic rings. The zero-order valence-electron chi connectivity index (χ0n) is 16.1. The molecule has 1 heterocycles. The lowest BCUT2D eigenvalue weighted by atomic mass is 10.2. The highest BCUT2D eigenvalue weighted by Crippen LogP contribution is 2.16. The van der Waals surface area contributed by atoms with Crippen LogP contribution < -0.4 is 15.6 Å². The van der Waals surface area contributed by atoms with Crippen molar-refractivity contribution in [3.8, 4) is 5.75 Å². The van der Waals surface area contributed by atoms with E-state index in [1.165, 1.54) is 7.05 Å². The second kappa shape index (κ2) is 10.6. The highest BCUT2D eigenvalue weighted by Gasteiger charge is 2.13. The van der Waals surface area contributed by atoms with Gasteiger partial charge in [-0.15, -0.1) is 0 Å². The molecule has 0 saturated carbocycles. The summed E-state index contributed by atoms with van der Waals surface area (Å²) in [5.41, 5.74) is -0.996. The second-order valence-corrected chi connectivity index (χ2v) is 6.29. The Kier molecular flexibility index (Phi) is 8.23. The van der Waals surface area contributed by atoms with E-state index in [0.29, 0.717) is 6.61 Å². The number of ether oxygens (including phenoxy) is 1. The van der Waals surface area contributed by atoms with E-state index >= 15 is 0 Å². The van der Waals surface area contributed by atoms with Gasteiger partial charge in [0, 0.05) is 18.3 Å². The third-order valence-electron chi connectivity index (χ3n) is 3.70. The van der Waals surface area contributed by atoms with E-state index in [-0.39, 0.29) is 18.1 Å². The van der Waals surface area contributed by atoms with Gasteiger partial charge in [-0.25, -0.2) is 13.2 Å². The van der Waals surface area contributed by atoms with Gasteiger partial charge in [-0.2, -0.15) is 9.37 Å². The quantitative estimate of drug-likeness (QED) is 0.461. The van der Waals surface area contributed by atoms with E-state index in [0.717, 1.165) is 33.7 Å². The van der Waals surface area contributed by atoms with Crippen molar-refractivity contribution in [1.29, 1.82) is 0 Å². The Morgan fingerprint density at radius 1 is 1.07 bits per heavy atom. The van der Waals surface area contributed by atoms with Crippen molar-refractivity contribution in [1.82, 2.24) is 9.55 Å². The van der Waals surface area contributed by atoms with Gasteiger partial charge in [-0.1, -0.05) is 11.6 Å². The fourth-order valence-corrected chi connectivity index (χ4v) is 2.51. The summed E-state index contributed by atoms with van der Waals surface area (Å²) < 4.78 is 58.5. The van der Waals surface area contributed by atoms with E-state index in [1.54, 1.807) is 0 Å². The number of rotatable bonds is 5. The van der Waals surface area contributed by atoms with Crippen LogP contribution in [0.3, 0.4) is 0 Å². The SMILES string of the molecule is CCOc1ccc(Cl)cc1.CNc1nc(=O)c(F)cn1Cc1cc(F)c(F)c(F)c1. The average molecular weight is 444 g/mol. The van der Waals surface area contributed by atoms with Crippen LogP contribution in [0.25, 0.3) is 0 Å². The molecule has 0 spiro atoms. The number of nitrogens with zero attached hydrogens (tertiary/aromatic N) is 2. The van der Waals surface area contributed by atoms with E-state index in [2.05, 4.69) is 10.3 Å².